The van der Waals surface area contributed by atoms with Crippen molar-refractivity contribution in [2.24, 2.45) is 0 Å². The molecule has 2 aliphatic heterocycles. The predicted molar refractivity (Wildman–Crippen MR) is 139 cm³/mol. The monoisotopic (exact) mass is 521 g/mol. The molecule has 0 spiro atoms. The van der Waals surface area contributed by atoms with Crippen LogP contribution in [-0.2, 0) is 19.3 Å². The van der Waals surface area contributed by atoms with Gasteiger partial charge in [0.05, 0.1) is 36.3 Å². The van der Waals surface area contributed by atoms with Crippen molar-refractivity contribution in [2.75, 3.05) is 20.4 Å². The summed E-state index contributed by atoms with van der Waals surface area (Å²) >= 11 is 0. The lowest BCUT2D eigenvalue weighted by molar-refractivity contribution is -0.0786. The van der Waals surface area contributed by atoms with Crippen LogP contribution < -0.4 is 9.47 Å². The first-order valence-corrected chi connectivity index (χ1v) is 15.8. The largest absolute Gasteiger partial charge is 0.454 e. The molecule has 202 valence electrons. The molecule has 0 bridgehead atoms. The van der Waals surface area contributed by atoms with E-state index in [0.29, 0.717) is 30.9 Å². The first-order valence-electron chi connectivity index (χ1n) is 13.3. The zero-order chi connectivity index (χ0) is 26.3. The fourth-order valence-electron chi connectivity index (χ4n) is 6.37. The molecule has 36 heavy (non-hydrogen) atoms. The molecule has 2 fully saturated rings. The van der Waals surface area contributed by atoms with Gasteiger partial charge in [-0.2, -0.15) is 0 Å². The highest BCUT2D eigenvalue weighted by Gasteiger charge is 2.65. The molecule has 1 saturated carbocycles. The minimum atomic E-state index is -2.10. The van der Waals surface area contributed by atoms with Gasteiger partial charge >= 0.3 is 6.09 Å². The summed E-state index contributed by atoms with van der Waals surface area (Å²) in [6.45, 7) is 12.7. The third-order valence-corrected chi connectivity index (χ3v) is 13.2. The van der Waals surface area contributed by atoms with Gasteiger partial charge in [-0.05, 0) is 63.0 Å². The van der Waals surface area contributed by atoms with Crippen LogP contribution in [-0.4, -0.2) is 74.8 Å². The number of rotatable bonds is 7. The summed E-state index contributed by atoms with van der Waals surface area (Å²) in [6.07, 6.45) is -0.681. The van der Waals surface area contributed by atoms with Crippen molar-refractivity contribution in [3.8, 4) is 11.5 Å². The number of methoxy groups -OCH3 is 1. The number of carbonyl (C=O) groups is 1. The van der Waals surface area contributed by atoms with E-state index in [9.17, 15) is 9.90 Å². The molecule has 2 heterocycles. The summed E-state index contributed by atoms with van der Waals surface area (Å²) in [6, 6.07) is 8.43. The van der Waals surface area contributed by atoms with Gasteiger partial charge in [0.2, 0.25) is 6.79 Å². The van der Waals surface area contributed by atoms with Crippen molar-refractivity contribution in [3.63, 3.8) is 0 Å². The van der Waals surface area contributed by atoms with Crippen LogP contribution in [0.3, 0.4) is 0 Å². The molecular formula is C27H43NO7Si. The van der Waals surface area contributed by atoms with Crippen molar-refractivity contribution in [1.29, 1.82) is 0 Å². The third-order valence-electron chi connectivity index (χ3n) is 8.51. The molecule has 1 aromatic rings. The summed E-state index contributed by atoms with van der Waals surface area (Å²) in [5.74, 6) is 1.34. The second-order valence-corrected chi connectivity index (χ2v) is 16.1. The number of fused-ring (bicyclic) bond motifs is 2. The molecule has 0 radical (unpaired) electrons. The van der Waals surface area contributed by atoms with Gasteiger partial charge in [0.1, 0.15) is 5.60 Å². The summed E-state index contributed by atoms with van der Waals surface area (Å²) < 4.78 is 30.1. The number of carbonyl (C=O) groups excluding carboxylic acids is 1. The molecule has 1 aliphatic carbocycles. The third kappa shape index (κ3) is 4.63. The quantitative estimate of drug-likeness (QED) is 0.514. The Balaban J connectivity index is 1.87. The van der Waals surface area contributed by atoms with Gasteiger partial charge in [0.25, 0.3) is 0 Å². The smallest absolute Gasteiger partial charge is 0.410 e. The van der Waals surface area contributed by atoms with Gasteiger partial charge in [-0.25, -0.2) is 4.79 Å². The average Bonchev–Trinajstić information content (AvgIpc) is 3.44. The number of aliphatic hydroxyl groups excluding tert-OH is 1. The van der Waals surface area contributed by atoms with Gasteiger partial charge in [-0.1, -0.05) is 26.8 Å². The molecule has 8 nitrogen and oxygen atoms in total. The van der Waals surface area contributed by atoms with Crippen molar-refractivity contribution >= 4 is 14.4 Å². The van der Waals surface area contributed by atoms with Crippen LogP contribution >= 0.6 is 0 Å². The molecule has 0 aromatic heterocycles. The molecule has 1 amide bonds. The van der Waals surface area contributed by atoms with E-state index in [2.05, 4.69) is 20.8 Å². The number of aliphatic hydroxyl groups is 1. The molecule has 9 heteroatoms. The van der Waals surface area contributed by atoms with Crippen LogP contribution in [0, 0.1) is 0 Å². The van der Waals surface area contributed by atoms with E-state index in [1.54, 1.807) is 12.0 Å². The number of ether oxygens (including phenoxy) is 4. The lowest BCUT2D eigenvalue weighted by atomic mass is 9.62. The average molecular weight is 522 g/mol. The Kier molecular flexibility index (Phi) is 7.68. The maximum atomic E-state index is 13.6. The molecule has 5 atom stereocenters. The highest BCUT2D eigenvalue weighted by atomic mass is 28.4. The second-order valence-electron chi connectivity index (χ2n) is 11.3. The Bertz CT molecular complexity index is 938. The minimum Gasteiger partial charge on any atom is -0.454 e. The van der Waals surface area contributed by atoms with Crippen LogP contribution in [0.4, 0.5) is 4.79 Å². The standard InChI is InChI=1S/C27H43NO7Si/c1-8-36(9-2,10-3)35-24-16-28(25(30)34-26(4,5)6)22-14-19(31-7)15-23(29)27(22,24)18-11-12-20-21(13-18)33-17-32-20/h11-13,19,22-24,29H,8-10,14-17H2,1-7H3/t19-,22-,23-,24-,27-/m0/s1. The number of hydrogen-bond acceptors (Lipinski definition) is 7. The molecular weight excluding hydrogens is 478 g/mol. The Morgan fingerprint density at radius 1 is 1.14 bits per heavy atom. The van der Waals surface area contributed by atoms with Crippen molar-refractivity contribution in [1.82, 2.24) is 4.90 Å². The van der Waals surface area contributed by atoms with E-state index in [1.807, 2.05) is 39.0 Å². The first-order chi connectivity index (χ1) is 17.0. The van der Waals surface area contributed by atoms with Gasteiger partial charge in [-0.15, -0.1) is 0 Å². The lowest BCUT2D eigenvalue weighted by Gasteiger charge is -2.50. The SMILES string of the molecule is CC[Si](CC)(CC)O[C@H]1CN(C(=O)OC(C)(C)C)[C@H]2C[C@H](OC)C[C@H](O)[C@@]12c1ccc2c(c1)OCO2. The maximum Gasteiger partial charge on any atom is 0.410 e. The van der Waals surface area contributed by atoms with Crippen molar-refractivity contribution in [2.45, 2.75) is 108 Å². The molecule has 4 rings (SSSR count). The number of nitrogens with zero attached hydrogens (tertiary/aromatic N) is 1. The molecule has 3 aliphatic rings. The fourth-order valence-corrected chi connectivity index (χ4v) is 9.24. The van der Waals surface area contributed by atoms with Gasteiger partial charge in [0, 0.05) is 13.5 Å². The zero-order valence-electron chi connectivity index (χ0n) is 22.8. The van der Waals surface area contributed by atoms with Gasteiger partial charge < -0.3 is 33.4 Å². The topological polar surface area (TPSA) is 86.7 Å². The van der Waals surface area contributed by atoms with E-state index in [4.69, 9.17) is 23.4 Å². The van der Waals surface area contributed by atoms with E-state index in [1.165, 1.54) is 0 Å². The number of benzene rings is 1. The second kappa shape index (κ2) is 10.2. The van der Waals surface area contributed by atoms with Crippen molar-refractivity contribution in [3.05, 3.63) is 23.8 Å². The van der Waals surface area contributed by atoms with E-state index < -0.39 is 25.4 Å². The van der Waals surface area contributed by atoms with Crippen LogP contribution in [0.1, 0.15) is 59.9 Å². The molecule has 0 unspecified atom stereocenters. The van der Waals surface area contributed by atoms with Crippen LogP contribution in [0.5, 0.6) is 11.5 Å². The number of amides is 1. The lowest BCUT2D eigenvalue weighted by Crippen LogP contribution is -2.62. The number of hydrogen-bond donors (Lipinski definition) is 1. The van der Waals surface area contributed by atoms with Gasteiger partial charge in [0.15, 0.2) is 19.8 Å². The Morgan fingerprint density at radius 3 is 2.42 bits per heavy atom. The summed E-state index contributed by atoms with van der Waals surface area (Å²) in [5.41, 5.74) is -0.578. The number of likely N-dealkylation sites (tertiary alicyclic amines) is 1. The van der Waals surface area contributed by atoms with Crippen LogP contribution in [0.15, 0.2) is 18.2 Å². The maximum absolute atomic E-state index is 13.6. The fraction of sp³-hybridized carbons (Fsp3) is 0.741. The van der Waals surface area contributed by atoms with Gasteiger partial charge in [-0.3, -0.25) is 0 Å². The van der Waals surface area contributed by atoms with E-state index >= 15 is 0 Å². The van der Waals surface area contributed by atoms with E-state index in [-0.39, 0.29) is 31.1 Å². The Hall–Kier alpha value is -1.81. The predicted octanol–water partition coefficient (Wildman–Crippen LogP) is 4.83. The summed E-state index contributed by atoms with van der Waals surface area (Å²) in [5, 5.41) is 12.0. The normalized spacial score (nSPS) is 29.8. The van der Waals surface area contributed by atoms with E-state index in [0.717, 1.165) is 23.7 Å². The minimum absolute atomic E-state index is 0.172. The Labute approximate surface area is 216 Å². The highest BCUT2D eigenvalue weighted by molar-refractivity contribution is 6.73. The Morgan fingerprint density at radius 2 is 1.81 bits per heavy atom. The molecule has 1 N–H and O–H groups in total. The summed E-state index contributed by atoms with van der Waals surface area (Å²) in [4.78, 5) is 15.4. The summed E-state index contributed by atoms with van der Waals surface area (Å²) in [7, 11) is -0.441. The molecule has 1 saturated heterocycles. The van der Waals surface area contributed by atoms with Crippen molar-refractivity contribution < 1.29 is 33.3 Å². The highest BCUT2D eigenvalue weighted by Crippen LogP contribution is 2.53. The molecule has 1 aromatic carbocycles. The van der Waals surface area contributed by atoms with Crippen LogP contribution in [0.25, 0.3) is 0 Å². The van der Waals surface area contributed by atoms with Crippen LogP contribution in [0.2, 0.25) is 18.1 Å². The zero-order valence-corrected chi connectivity index (χ0v) is 23.8. The first kappa shape index (κ1) is 27.2.